The van der Waals surface area contributed by atoms with Gasteiger partial charge in [-0.25, -0.2) is 0 Å². The third-order valence-electron chi connectivity index (χ3n) is 5.03. The molecule has 7 nitrogen and oxygen atoms in total. The molecule has 0 aliphatic rings. The van der Waals surface area contributed by atoms with Gasteiger partial charge in [0, 0.05) is 6.54 Å². The molecule has 8 heteroatoms. The predicted octanol–water partition coefficient (Wildman–Crippen LogP) is 5.05. The quantitative estimate of drug-likeness (QED) is 0.432. The largest absolute Gasteiger partial charge is 0.495 e. The van der Waals surface area contributed by atoms with Crippen molar-refractivity contribution < 1.29 is 14.3 Å². The zero-order valence-corrected chi connectivity index (χ0v) is 20.0. The van der Waals surface area contributed by atoms with Crippen molar-refractivity contribution in [1.82, 2.24) is 14.8 Å². The summed E-state index contributed by atoms with van der Waals surface area (Å²) in [6.07, 6.45) is 0.722. The van der Waals surface area contributed by atoms with Gasteiger partial charge in [0.1, 0.15) is 11.5 Å². The monoisotopic (exact) mass is 454 g/mol. The fraction of sp³-hybridized carbons (Fsp3) is 0.375. The maximum absolute atomic E-state index is 12.5. The van der Waals surface area contributed by atoms with Crippen molar-refractivity contribution >= 4 is 23.4 Å². The minimum atomic E-state index is -0.269. The van der Waals surface area contributed by atoms with E-state index < -0.39 is 0 Å². The lowest BCUT2D eigenvalue weighted by atomic mass is 10.2. The van der Waals surface area contributed by atoms with E-state index in [0.29, 0.717) is 23.1 Å². The summed E-state index contributed by atoms with van der Waals surface area (Å²) in [6.45, 7) is 8.75. The van der Waals surface area contributed by atoms with E-state index in [1.807, 2.05) is 55.7 Å². The zero-order valence-electron chi connectivity index (χ0n) is 19.2. The number of ether oxygens (including phenoxy) is 2. The van der Waals surface area contributed by atoms with Crippen molar-refractivity contribution in [3.05, 3.63) is 59.4 Å². The minimum absolute atomic E-state index is 0.133. The van der Waals surface area contributed by atoms with E-state index in [0.717, 1.165) is 23.6 Å². The average molecular weight is 455 g/mol. The number of aryl methyl sites for hydroxylation is 2. The molecule has 1 N–H and O–H groups in total. The van der Waals surface area contributed by atoms with E-state index in [1.165, 1.54) is 17.3 Å². The summed E-state index contributed by atoms with van der Waals surface area (Å²) < 4.78 is 13.4. The zero-order chi connectivity index (χ0) is 23.1. The molecule has 1 amide bonds. The van der Waals surface area contributed by atoms with Crippen molar-refractivity contribution in [2.24, 2.45) is 0 Å². The number of rotatable bonds is 10. The number of carbonyl (C=O) groups excluding carboxylic acids is 1. The van der Waals surface area contributed by atoms with Gasteiger partial charge in [-0.3, -0.25) is 4.79 Å². The van der Waals surface area contributed by atoms with E-state index in [4.69, 9.17) is 9.47 Å². The Bertz CT molecular complexity index is 1050. The molecule has 0 aliphatic heterocycles. The highest BCUT2D eigenvalue weighted by atomic mass is 32.2. The van der Waals surface area contributed by atoms with Crippen LogP contribution in [0.25, 0.3) is 0 Å². The second-order valence-electron chi connectivity index (χ2n) is 7.38. The highest BCUT2D eigenvalue weighted by molar-refractivity contribution is 7.99. The Morgan fingerprint density at radius 3 is 2.56 bits per heavy atom. The summed E-state index contributed by atoms with van der Waals surface area (Å²) >= 11 is 1.35. The number of nitrogens with one attached hydrogen (secondary N) is 1. The van der Waals surface area contributed by atoms with Crippen molar-refractivity contribution in [2.45, 2.75) is 51.9 Å². The molecule has 0 saturated carbocycles. The Hall–Kier alpha value is -3.00. The van der Waals surface area contributed by atoms with E-state index in [9.17, 15) is 4.79 Å². The van der Waals surface area contributed by atoms with E-state index in [-0.39, 0.29) is 17.8 Å². The lowest BCUT2D eigenvalue weighted by Gasteiger charge is -2.16. The lowest BCUT2D eigenvalue weighted by Crippen LogP contribution is -2.16. The second-order valence-corrected chi connectivity index (χ2v) is 8.33. The minimum Gasteiger partial charge on any atom is -0.495 e. The molecule has 0 spiro atoms. The summed E-state index contributed by atoms with van der Waals surface area (Å²) in [6, 6.07) is 13.7. The molecule has 1 heterocycles. The van der Waals surface area contributed by atoms with Crippen LogP contribution >= 0.6 is 11.8 Å². The van der Waals surface area contributed by atoms with Crippen LogP contribution in [0.15, 0.2) is 47.6 Å². The Morgan fingerprint density at radius 1 is 1.16 bits per heavy atom. The molecule has 0 saturated heterocycles. The Balaban J connectivity index is 1.64. The number of anilines is 1. The van der Waals surface area contributed by atoms with Gasteiger partial charge in [0.05, 0.1) is 18.6 Å². The summed E-state index contributed by atoms with van der Waals surface area (Å²) in [5.74, 6) is 2.23. The van der Waals surface area contributed by atoms with Crippen molar-refractivity contribution in [3.8, 4) is 11.5 Å². The first-order valence-corrected chi connectivity index (χ1v) is 11.7. The second kappa shape index (κ2) is 11.0. The number of methoxy groups -OCH3 is 1. The average Bonchev–Trinajstić information content (AvgIpc) is 3.21. The molecule has 0 fully saturated rings. The molecule has 3 aromatic rings. The van der Waals surface area contributed by atoms with Gasteiger partial charge in [0.2, 0.25) is 5.91 Å². The van der Waals surface area contributed by atoms with Gasteiger partial charge in [-0.15, -0.1) is 10.2 Å². The van der Waals surface area contributed by atoms with E-state index in [1.54, 1.807) is 7.11 Å². The highest BCUT2D eigenvalue weighted by Gasteiger charge is 2.20. The van der Waals surface area contributed by atoms with Crippen LogP contribution in [-0.2, 0) is 17.8 Å². The SMILES string of the molecule is CCc1ccc(O[C@H](C)c2nnc(SCC(=O)Nc3cc(C)ccc3OC)n2CC)cc1. The summed E-state index contributed by atoms with van der Waals surface area (Å²) in [5.41, 5.74) is 2.97. The van der Waals surface area contributed by atoms with Crippen LogP contribution in [0.2, 0.25) is 0 Å². The Labute approximate surface area is 193 Å². The fourth-order valence-electron chi connectivity index (χ4n) is 3.30. The summed E-state index contributed by atoms with van der Waals surface area (Å²) in [7, 11) is 1.59. The molecule has 0 unspecified atom stereocenters. The van der Waals surface area contributed by atoms with E-state index in [2.05, 4.69) is 34.6 Å². The van der Waals surface area contributed by atoms with Crippen molar-refractivity contribution in [2.75, 3.05) is 18.2 Å². The number of thioether (sulfide) groups is 1. The number of hydrogen-bond acceptors (Lipinski definition) is 6. The van der Waals surface area contributed by atoms with Crippen molar-refractivity contribution in [1.29, 1.82) is 0 Å². The maximum Gasteiger partial charge on any atom is 0.234 e. The van der Waals surface area contributed by atoms with Crippen LogP contribution in [0.1, 0.15) is 43.8 Å². The first-order valence-electron chi connectivity index (χ1n) is 10.7. The van der Waals surface area contributed by atoms with Gasteiger partial charge in [-0.2, -0.15) is 0 Å². The Kier molecular flexibility index (Phi) is 8.16. The summed E-state index contributed by atoms with van der Waals surface area (Å²) in [4.78, 5) is 12.5. The Morgan fingerprint density at radius 2 is 1.91 bits per heavy atom. The van der Waals surface area contributed by atoms with Gasteiger partial charge in [0.15, 0.2) is 17.1 Å². The number of carbonyl (C=O) groups is 1. The molecule has 0 aliphatic carbocycles. The molecule has 1 atom stereocenters. The first kappa shape index (κ1) is 23.7. The van der Waals surface area contributed by atoms with E-state index >= 15 is 0 Å². The normalized spacial score (nSPS) is 11.8. The summed E-state index contributed by atoms with van der Waals surface area (Å²) in [5, 5.41) is 12.2. The van der Waals surface area contributed by atoms with Gasteiger partial charge in [0.25, 0.3) is 0 Å². The molecule has 170 valence electrons. The third kappa shape index (κ3) is 5.82. The van der Waals surface area contributed by atoms with Crippen LogP contribution < -0.4 is 14.8 Å². The number of nitrogens with zero attached hydrogens (tertiary/aromatic N) is 3. The lowest BCUT2D eigenvalue weighted by molar-refractivity contribution is -0.113. The third-order valence-corrected chi connectivity index (χ3v) is 6.00. The molecule has 32 heavy (non-hydrogen) atoms. The number of benzene rings is 2. The van der Waals surface area contributed by atoms with Crippen LogP contribution in [0.3, 0.4) is 0 Å². The molecule has 0 bridgehead atoms. The smallest absolute Gasteiger partial charge is 0.234 e. The van der Waals surface area contributed by atoms with Gasteiger partial charge < -0.3 is 19.4 Å². The molecular formula is C24H30N4O3S. The van der Waals surface area contributed by atoms with Crippen molar-refractivity contribution in [3.63, 3.8) is 0 Å². The maximum atomic E-state index is 12.5. The van der Waals surface area contributed by atoms with Crippen LogP contribution in [0.4, 0.5) is 5.69 Å². The number of aromatic nitrogens is 3. The van der Waals surface area contributed by atoms with Gasteiger partial charge >= 0.3 is 0 Å². The fourth-order valence-corrected chi connectivity index (χ4v) is 4.11. The molecule has 1 aromatic heterocycles. The first-order chi connectivity index (χ1) is 15.4. The van der Waals surface area contributed by atoms with Gasteiger partial charge in [-0.05, 0) is 62.6 Å². The topological polar surface area (TPSA) is 78.3 Å². The molecule has 3 rings (SSSR count). The molecule has 0 radical (unpaired) electrons. The van der Waals surface area contributed by atoms with Crippen LogP contribution in [-0.4, -0.2) is 33.5 Å². The van der Waals surface area contributed by atoms with Crippen LogP contribution in [0.5, 0.6) is 11.5 Å². The van der Waals surface area contributed by atoms with Gasteiger partial charge in [-0.1, -0.05) is 36.9 Å². The van der Waals surface area contributed by atoms with Crippen LogP contribution in [0, 0.1) is 6.92 Å². The molecule has 2 aromatic carbocycles. The standard InChI is InChI=1S/C24H30N4O3S/c1-6-18-9-11-19(12-10-18)31-17(4)23-26-27-24(28(23)7-2)32-15-22(29)25-20-14-16(3)8-13-21(20)30-5/h8-14,17H,6-7,15H2,1-5H3,(H,25,29)/t17-/m1/s1. The highest BCUT2D eigenvalue weighted by Crippen LogP contribution is 2.27. The predicted molar refractivity (Wildman–Crippen MR) is 128 cm³/mol. The number of amides is 1. The molecular weight excluding hydrogens is 424 g/mol. The number of hydrogen-bond donors (Lipinski definition) is 1.